The Kier molecular flexibility index (Phi) is 9.15. The van der Waals surface area contributed by atoms with Crippen molar-refractivity contribution in [2.75, 3.05) is 0 Å². The molecule has 13 aromatic rings. The minimum atomic E-state index is -0.648. The van der Waals surface area contributed by atoms with E-state index in [1.165, 1.54) is 44.2 Å². The number of hydrogen-bond acceptors (Lipinski definition) is 5. The van der Waals surface area contributed by atoms with Crippen LogP contribution >= 0.6 is 0 Å². The zero-order chi connectivity index (χ0) is 49.9. The molecule has 3 heterocycles. The van der Waals surface area contributed by atoms with E-state index in [-0.39, 0.29) is 0 Å². The molecule has 0 radical (unpaired) electrons. The molecule has 0 fully saturated rings. The smallest absolute Gasteiger partial charge is 0.175 e. The van der Waals surface area contributed by atoms with Gasteiger partial charge in [0.1, 0.15) is 0 Å². The van der Waals surface area contributed by atoms with E-state index in [2.05, 4.69) is 174 Å². The van der Waals surface area contributed by atoms with E-state index in [4.69, 9.17) is 24.4 Å². The molecule has 0 saturated heterocycles. The van der Waals surface area contributed by atoms with Crippen LogP contribution in [0.15, 0.2) is 255 Å². The molecule has 11 aromatic carbocycles. The summed E-state index contributed by atoms with van der Waals surface area (Å²) in [6, 6.07) is 90.4. The summed E-state index contributed by atoms with van der Waals surface area (Å²) >= 11 is 0. The highest BCUT2D eigenvalue weighted by Gasteiger charge is 2.54. The van der Waals surface area contributed by atoms with Crippen molar-refractivity contribution in [1.82, 2.24) is 19.5 Å². The van der Waals surface area contributed by atoms with Crippen molar-refractivity contribution in [3.05, 3.63) is 277 Å². The second kappa shape index (κ2) is 16.4. The highest BCUT2D eigenvalue weighted by atomic mass is 16.6. The maximum atomic E-state index is 6.96. The summed E-state index contributed by atoms with van der Waals surface area (Å²) in [5, 5.41) is 2.39. The number of fused-ring (bicyclic) bond motifs is 16. The van der Waals surface area contributed by atoms with Gasteiger partial charge in [-0.05, 0) is 116 Å². The molecule has 6 heteroatoms. The topological polar surface area (TPSA) is 62.1 Å². The number of rotatable bonds is 6. The quantitative estimate of drug-likeness (QED) is 0.166. The number of nitrogens with zero attached hydrogens (tertiary/aromatic N) is 4. The Hall–Kier alpha value is -10.2. The molecule has 16 rings (SSSR count). The number of para-hydroxylation sites is 3. The molecule has 2 aliphatic carbocycles. The first-order chi connectivity index (χ1) is 37.7. The first-order valence-corrected chi connectivity index (χ1v) is 25.7. The van der Waals surface area contributed by atoms with Crippen molar-refractivity contribution in [3.63, 3.8) is 0 Å². The molecule has 0 N–H and O–H groups in total. The molecule has 0 bridgehead atoms. The summed E-state index contributed by atoms with van der Waals surface area (Å²) in [6.45, 7) is 0. The van der Waals surface area contributed by atoms with E-state index in [9.17, 15) is 0 Å². The molecule has 1 aliphatic heterocycles. The van der Waals surface area contributed by atoms with Crippen molar-refractivity contribution in [2.24, 2.45) is 0 Å². The molecular formula is C70H42N4O2. The molecule has 2 aromatic heterocycles. The molecule has 3 aliphatic rings. The summed E-state index contributed by atoms with van der Waals surface area (Å²) < 4.78 is 16.0. The molecular weight excluding hydrogens is 929 g/mol. The van der Waals surface area contributed by atoms with Crippen molar-refractivity contribution < 1.29 is 9.47 Å². The van der Waals surface area contributed by atoms with Crippen LogP contribution in [0.3, 0.4) is 0 Å². The largest absolute Gasteiger partial charge is 0.450 e. The van der Waals surface area contributed by atoms with Gasteiger partial charge in [0.15, 0.2) is 40.5 Å². The maximum Gasteiger partial charge on any atom is 0.175 e. The fourth-order valence-corrected chi connectivity index (χ4v) is 12.4. The van der Waals surface area contributed by atoms with Crippen molar-refractivity contribution in [2.45, 2.75) is 5.41 Å². The normalized spacial score (nSPS) is 13.1. The number of ether oxygens (including phenoxy) is 2. The second-order valence-corrected chi connectivity index (χ2v) is 19.8. The summed E-state index contributed by atoms with van der Waals surface area (Å²) in [5.74, 6) is 4.85. The van der Waals surface area contributed by atoms with Gasteiger partial charge in [-0.25, -0.2) is 15.0 Å². The lowest BCUT2D eigenvalue weighted by Gasteiger charge is -2.33. The lowest BCUT2D eigenvalue weighted by molar-refractivity contribution is 0.354. The number of hydrogen-bond donors (Lipinski definition) is 0. The lowest BCUT2D eigenvalue weighted by Crippen LogP contribution is -2.27. The molecule has 0 atom stereocenters. The Labute approximate surface area is 438 Å². The third-order valence-corrected chi connectivity index (χ3v) is 15.7. The van der Waals surface area contributed by atoms with Gasteiger partial charge in [-0.2, -0.15) is 0 Å². The van der Waals surface area contributed by atoms with Gasteiger partial charge in [0.25, 0.3) is 0 Å². The van der Waals surface area contributed by atoms with Crippen LogP contribution in [0.1, 0.15) is 22.3 Å². The van der Waals surface area contributed by atoms with Crippen LogP contribution in [-0.2, 0) is 5.41 Å². The summed E-state index contributed by atoms with van der Waals surface area (Å²) in [7, 11) is 0. The zero-order valence-electron chi connectivity index (χ0n) is 40.9. The van der Waals surface area contributed by atoms with Crippen molar-refractivity contribution in [1.29, 1.82) is 0 Å². The van der Waals surface area contributed by atoms with E-state index in [1.807, 2.05) is 84.9 Å². The highest BCUT2D eigenvalue weighted by Crippen LogP contribution is 2.67. The second-order valence-electron chi connectivity index (χ2n) is 19.8. The van der Waals surface area contributed by atoms with E-state index >= 15 is 0 Å². The SMILES string of the molecule is c1ccc(-c2nc(-c3ccccc3)nc(-c3ccc(-c4cccc(-n5c6ccccc6c6cc(-c7ccc8c(c7)C7(c9ccccc9-c9ccccc97)c7c-8ccc8c7Oc7ccccc7O8)ccc65)c4)cc3)n2)cc1. The van der Waals surface area contributed by atoms with Crippen LogP contribution in [0, 0.1) is 0 Å². The Morgan fingerprint density at radius 1 is 0.303 bits per heavy atom. The number of benzene rings is 11. The van der Waals surface area contributed by atoms with Crippen LogP contribution in [0.4, 0.5) is 0 Å². The van der Waals surface area contributed by atoms with Crippen LogP contribution < -0.4 is 9.47 Å². The minimum absolute atomic E-state index is 0.631. The lowest BCUT2D eigenvalue weighted by atomic mass is 9.70. The third-order valence-electron chi connectivity index (χ3n) is 15.7. The zero-order valence-corrected chi connectivity index (χ0v) is 40.9. The van der Waals surface area contributed by atoms with E-state index in [0.717, 1.165) is 89.8 Å². The highest BCUT2D eigenvalue weighted by molar-refractivity contribution is 6.11. The molecule has 354 valence electrons. The minimum Gasteiger partial charge on any atom is -0.450 e. The Bertz CT molecular complexity index is 4420. The van der Waals surface area contributed by atoms with Gasteiger partial charge in [-0.3, -0.25) is 0 Å². The Morgan fingerprint density at radius 2 is 0.803 bits per heavy atom. The molecule has 0 amide bonds. The van der Waals surface area contributed by atoms with Crippen LogP contribution in [-0.4, -0.2) is 19.5 Å². The van der Waals surface area contributed by atoms with Crippen LogP contribution in [0.25, 0.3) is 106 Å². The Morgan fingerprint density at radius 3 is 1.51 bits per heavy atom. The fraction of sp³-hybridized carbons (Fsp3) is 0.0143. The summed E-state index contributed by atoms with van der Waals surface area (Å²) in [5.41, 5.74) is 19.7. The van der Waals surface area contributed by atoms with Crippen molar-refractivity contribution >= 4 is 21.8 Å². The standard InChI is InChI=1S/C70H42N4O2/c1-3-16-44(17-4-1)67-71-68(45-18-5-2-6-19-45)73-69(72-67)46-32-30-43(31-33-46)47-20-15-21-50(40-47)74-60-27-12-9-24-54(60)56-41-48(35-38-61(56)74)49-34-36-53-55-37-39-64-66(76-63-29-14-13-28-62(63)75-64)65(55)70(59(53)42-49)57-25-10-7-22-51(57)52-23-8-11-26-58(52)70/h1-42H. The average molecular weight is 971 g/mol. The maximum absolute atomic E-state index is 6.96. The first kappa shape index (κ1) is 42.3. The predicted molar refractivity (Wildman–Crippen MR) is 304 cm³/mol. The predicted octanol–water partition coefficient (Wildman–Crippen LogP) is 17.5. The van der Waals surface area contributed by atoms with Gasteiger partial charge in [-0.1, -0.05) is 200 Å². The Balaban J connectivity index is 0.795. The average Bonchev–Trinajstić information content (AvgIpc) is 4.27. The third kappa shape index (κ3) is 6.25. The number of aromatic nitrogens is 4. The molecule has 1 spiro atoms. The fourth-order valence-electron chi connectivity index (χ4n) is 12.4. The van der Waals surface area contributed by atoms with Gasteiger partial charge in [0, 0.05) is 38.7 Å². The summed E-state index contributed by atoms with van der Waals surface area (Å²) in [6.07, 6.45) is 0. The van der Waals surface area contributed by atoms with Gasteiger partial charge in [0.05, 0.1) is 16.4 Å². The molecule has 0 saturated carbocycles. The van der Waals surface area contributed by atoms with E-state index in [0.29, 0.717) is 17.5 Å². The van der Waals surface area contributed by atoms with Gasteiger partial charge < -0.3 is 14.0 Å². The van der Waals surface area contributed by atoms with Crippen LogP contribution in [0.2, 0.25) is 0 Å². The molecule has 6 nitrogen and oxygen atoms in total. The van der Waals surface area contributed by atoms with Gasteiger partial charge >= 0.3 is 0 Å². The molecule has 76 heavy (non-hydrogen) atoms. The van der Waals surface area contributed by atoms with E-state index < -0.39 is 5.41 Å². The van der Waals surface area contributed by atoms with Crippen LogP contribution in [0.5, 0.6) is 23.0 Å². The van der Waals surface area contributed by atoms with Gasteiger partial charge in [0.2, 0.25) is 0 Å². The van der Waals surface area contributed by atoms with Crippen molar-refractivity contribution in [3.8, 4) is 107 Å². The van der Waals surface area contributed by atoms with E-state index in [1.54, 1.807) is 0 Å². The molecule has 0 unspecified atom stereocenters. The monoisotopic (exact) mass is 970 g/mol. The first-order valence-electron chi connectivity index (χ1n) is 25.7. The summed E-state index contributed by atoms with van der Waals surface area (Å²) in [4.78, 5) is 14.8. The van der Waals surface area contributed by atoms with Gasteiger partial charge in [-0.15, -0.1) is 0 Å².